The summed E-state index contributed by atoms with van der Waals surface area (Å²) in [6, 6.07) is 0.00272. The lowest BCUT2D eigenvalue weighted by Crippen LogP contribution is -2.49. The highest BCUT2D eigenvalue weighted by atomic mass is 35.5. The highest BCUT2D eigenvalue weighted by Gasteiger charge is 2.29. The van der Waals surface area contributed by atoms with Crippen LogP contribution < -0.4 is 10.6 Å². The third-order valence-electron chi connectivity index (χ3n) is 3.37. The van der Waals surface area contributed by atoms with Crippen LogP contribution >= 0.6 is 36.2 Å². The molecular formula is C12H21Cl2N3OS. The van der Waals surface area contributed by atoms with Crippen molar-refractivity contribution in [3.05, 3.63) is 16.1 Å². The van der Waals surface area contributed by atoms with Gasteiger partial charge >= 0.3 is 0 Å². The molecule has 0 bridgehead atoms. The van der Waals surface area contributed by atoms with E-state index >= 15 is 0 Å². The Bertz CT molecular complexity index is 409. The Morgan fingerprint density at radius 2 is 2.11 bits per heavy atom. The first-order valence-corrected chi connectivity index (χ1v) is 6.89. The fourth-order valence-electron chi connectivity index (χ4n) is 1.88. The zero-order chi connectivity index (χ0) is 12.4. The molecule has 1 amide bonds. The van der Waals surface area contributed by atoms with Gasteiger partial charge < -0.3 is 10.6 Å². The second kappa shape index (κ2) is 8.04. The van der Waals surface area contributed by atoms with Crippen LogP contribution in [-0.4, -0.2) is 24.0 Å². The summed E-state index contributed by atoms with van der Waals surface area (Å²) >= 11 is 1.62. The van der Waals surface area contributed by atoms with Crippen LogP contribution in [-0.2, 0) is 4.79 Å². The Labute approximate surface area is 130 Å². The van der Waals surface area contributed by atoms with Crippen molar-refractivity contribution in [2.45, 2.75) is 26.8 Å². The molecule has 1 fully saturated rings. The molecule has 2 heterocycles. The van der Waals surface area contributed by atoms with E-state index in [1.54, 1.807) is 11.3 Å². The van der Waals surface area contributed by atoms with E-state index in [0.29, 0.717) is 5.92 Å². The maximum Gasteiger partial charge on any atom is 0.223 e. The van der Waals surface area contributed by atoms with Crippen LogP contribution in [0.1, 0.15) is 30.6 Å². The summed E-state index contributed by atoms with van der Waals surface area (Å²) in [7, 11) is 0. The number of amides is 1. The molecule has 7 heteroatoms. The summed E-state index contributed by atoms with van der Waals surface area (Å²) in [4.78, 5) is 16.4. The molecule has 1 aromatic rings. The number of nitrogens with zero attached hydrogens (tertiary/aromatic N) is 1. The molecule has 2 rings (SSSR count). The van der Waals surface area contributed by atoms with Crippen molar-refractivity contribution in [2.75, 3.05) is 13.1 Å². The van der Waals surface area contributed by atoms with Crippen LogP contribution in [0.5, 0.6) is 0 Å². The molecular weight excluding hydrogens is 305 g/mol. The summed E-state index contributed by atoms with van der Waals surface area (Å²) in [6.07, 6.45) is 0. The molecule has 110 valence electrons. The van der Waals surface area contributed by atoms with Gasteiger partial charge in [-0.2, -0.15) is 0 Å². The summed E-state index contributed by atoms with van der Waals surface area (Å²) in [5.41, 5.74) is 0.958. The smallest absolute Gasteiger partial charge is 0.223 e. The summed E-state index contributed by atoms with van der Waals surface area (Å²) in [6.45, 7) is 7.88. The van der Waals surface area contributed by atoms with Gasteiger partial charge in [-0.05, 0) is 32.9 Å². The molecule has 2 atom stereocenters. The molecule has 0 saturated carbocycles. The maximum atomic E-state index is 12.0. The molecule has 1 aliphatic rings. The molecule has 4 nitrogen and oxygen atoms in total. The SMILES string of the molecule is Cc1nc(C(C)NC(=O)C(C)C2CNC2)cs1.Cl.Cl. The number of thiazole rings is 1. The van der Waals surface area contributed by atoms with Gasteiger partial charge in [0.15, 0.2) is 0 Å². The van der Waals surface area contributed by atoms with Gasteiger partial charge in [0, 0.05) is 11.3 Å². The predicted molar refractivity (Wildman–Crippen MR) is 83.4 cm³/mol. The minimum Gasteiger partial charge on any atom is -0.348 e. The fourth-order valence-corrected chi connectivity index (χ4v) is 2.58. The monoisotopic (exact) mass is 325 g/mol. The van der Waals surface area contributed by atoms with Crippen molar-refractivity contribution in [1.29, 1.82) is 0 Å². The van der Waals surface area contributed by atoms with Gasteiger partial charge in [-0.1, -0.05) is 6.92 Å². The number of nitrogens with one attached hydrogen (secondary N) is 2. The third kappa shape index (κ3) is 4.60. The van der Waals surface area contributed by atoms with E-state index in [9.17, 15) is 4.79 Å². The summed E-state index contributed by atoms with van der Waals surface area (Å²) in [5.74, 6) is 0.701. The van der Waals surface area contributed by atoms with Crippen molar-refractivity contribution in [3.8, 4) is 0 Å². The molecule has 1 aromatic heterocycles. The van der Waals surface area contributed by atoms with Gasteiger partial charge in [-0.3, -0.25) is 4.79 Å². The van der Waals surface area contributed by atoms with Crippen LogP contribution in [0.4, 0.5) is 0 Å². The Kier molecular flexibility index (Phi) is 7.89. The molecule has 0 radical (unpaired) electrons. The number of rotatable bonds is 4. The molecule has 1 saturated heterocycles. The maximum absolute atomic E-state index is 12.0. The van der Waals surface area contributed by atoms with E-state index in [0.717, 1.165) is 23.8 Å². The van der Waals surface area contributed by atoms with E-state index < -0.39 is 0 Å². The molecule has 1 aliphatic heterocycles. The lowest BCUT2D eigenvalue weighted by atomic mass is 9.88. The first kappa shape index (κ1) is 18.6. The quantitative estimate of drug-likeness (QED) is 0.893. The number of halogens is 2. The second-order valence-electron chi connectivity index (χ2n) is 4.73. The standard InChI is InChI=1S/C12H19N3OS.2ClH/c1-7(10-4-13-5-10)12(16)14-8(2)11-6-17-9(3)15-11;;/h6-8,10,13H,4-5H2,1-3H3,(H,14,16);2*1H. The lowest BCUT2D eigenvalue weighted by Gasteiger charge is -2.32. The van der Waals surface area contributed by atoms with E-state index in [-0.39, 0.29) is 42.7 Å². The number of hydrogen-bond acceptors (Lipinski definition) is 4. The Balaban J connectivity index is 0.00000162. The van der Waals surface area contributed by atoms with Crippen molar-refractivity contribution in [1.82, 2.24) is 15.6 Å². The Morgan fingerprint density at radius 3 is 2.53 bits per heavy atom. The minimum atomic E-state index is 0. The van der Waals surface area contributed by atoms with Crippen molar-refractivity contribution < 1.29 is 4.79 Å². The average Bonchev–Trinajstić information content (AvgIpc) is 2.62. The first-order chi connectivity index (χ1) is 8.08. The fraction of sp³-hybridized carbons (Fsp3) is 0.667. The van der Waals surface area contributed by atoms with Crippen LogP contribution in [0.2, 0.25) is 0 Å². The van der Waals surface area contributed by atoms with Crippen LogP contribution in [0.25, 0.3) is 0 Å². The van der Waals surface area contributed by atoms with Crippen molar-refractivity contribution in [3.63, 3.8) is 0 Å². The molecule has 0 aliphatic carbocycles. The van der Waals surface area contributed by atoms with Gasteiger partial charge in [0.25, 0.3) is 0 Å². The second-order valence-corrected chi connectivity index (χ2v) is 5.79. The van der Waals surface area contributed by atoms with Crippen LogP contribution in [0.15, 0.2) is 5.38 Å². The normalized spacial score (nSPS) is 17.4. The van der Waals surface area contributed by atoms with Crippen molar-refractivity contribution >= 4 is 42.1 Å². The molecule has 2 N–H and O–H groups in total. The van der Waals surface area contributed by atoms with Gasteiger partial charge in [0.05, 0.1) is 16.7 Å². The highest BCUT2D eigenvalue weighted by Crippen LogP contribution is 2.19. The largest absolute Gasteiger partial charge is 0.348 e. The zero-order valence-electron chi connectivity index (χ0n) is 11.3. The molecule has 0 spiro atoms. The van der Waals surface area contributed by atoms with E-state index in [1.807, 2.05) is 26.2 Å². The summed E-state index contributed by atoms with van der Waals surface area (Å²) < 4.78 is 0. The first-order valence-electron chi connectivity index (χ1n) is 6.01. The number of hydrogen-bond donors (Lipinski definition) is 2. The Hall–Kier alpha value is -0.360. The topological polar surface area (TPSA) is 54.0 Å². The predicted octanol–water partition coefficient (Wildman–Crippen LogP) is 2.33. The van der Waals surface area contributed by atoms with E-state index in [4.69, 9.17) is 0 Å². The Morgan fingerprint density at radius 1 is 1.47 bits per heavy atom. The number of aryl methyl sites for hydroxylation is 1. The van der Waals surface area contributed by atoms with Crippen LogP contribution in [0, 0.1) is 18.8 Å². The van der Waals surface area contributed by atoms with E-state index in [2.05, 4.69) is 15.6 Å². The molecule has 2 unspecified atom stereocenters. The number of aromatic nitrogens is 1. The molecule has 0 aromatic carbocycles. The van der Waals surface area contributed by atoms with Crippen molar-refractivity contribution in [2.24, 2.45) is 11.8 Å². The summed E-state index contributed by atoms with van der Waals surface area (Å²) in [5, 5.41) is 9.28. The van der Waals surface area contributed by atoms with Crippen LogP contribution in [0.3, 0.4) is 0 Å². The van der Waals surface area contributed by atoms with Gasteiger partial charge in [0.1, 0.15) is 0 Å². The third-order valence-corrected chi connectivity index (χ3v) is 4.16. The lowest BCUT2D eigenvalue weighted by molar-refractivity contribution is -0.127. The number of carbonyl (C=O) groups is 1. The van der Waals surface area contributed by atoms with Gasteiger partial charge in [-0.25, -0.2) is 4.98 Å². The van der Waals surface area contributed by atoms with Gasteiger partial charge in [0.2, 0.25) is 5.91 Å². The van der Waals surface area contributed by atoms with Gasteiger partial charge in [-0.15, -0.1) is 36.2 Å². The van der Waals surface area contributed by atoms with E-state index in [1.165, 1.54) is 0 Å². The highest BCUT2D eigenvalue weighted by molar-refractivity contribution is 7.09. The molecule has 19 heavy (non-hydrogen) atoms. The average molecular weight is 326 g/mol. The zero-order valence-corrected chi connectivity index (χ0v) is 13.8. The number of carbonyl (C=O) groups excluding carboxylic acids is 1. The minimum absolute atomic E-state index is 0.